The number of nitrogens with one attached hydrogen (secondary N) is 1. The Kier molecular flexibility index (Phi) is 6.74. The van der Waals surface area contributed by atoms with Gasteiger partial charge in [-0.1, -0.05) is 23.7 Å². The number of anilines is 2. The van der Waals surface area contributed by atoms with Crippen LogP contribution < -0.4 is 10.2 Å². The van der Waals surface area contributed by atoms with Gasteiger partial charge in [-0.05, 0) is 43.3 Å². The number of hydrogen-bond acceptors (Lipinski definition) is 5. The number of carbonyl (C=O) groups is 3. The van der Waals surface area contributed by atoms with E-state index in [9.17, 15) is 14.4 Å². The maximum atomic E-state index is 12.7. The standard InChI is InChI=1S/C19H19ClN2O4/c1-13(23)16-5-3-4-6-17(16)21-11-18(24)22(12-19(25)26-2)15-9-7-14(20)8-10-15/h3-10,21H,11-12H2,1-2H3. The SMILES string of the molecule is COC(=O)CN(C(=O)CNc1ccccc1C(C)=O)c1ccc(Cl)cc1. The molecule has 0 radical (unpaired) electrons. The first-order valence-corrected chi connectivity index (χ1v) is 8.26. The Hall–Kier alpha value is -2.86. The van der Waals surface area contributed by atoms with Crippen LogP contribution in [0.1, 0.15) is 17.3 Å². The maximum Gasteiger partial charge on any atom is 0.325 e. The molecule has 0 bridgehead atoms. The molecule has 0 aromatic heterocycles. The van der Waals surface area contributed by atoms with Gasteiger partial charge in [0, 0.05) is 22.0 Å². The Morgan fingerprint density at radius 2 is 1.73 bits per heavy atom. The first kappa shape index (κ1) is 19.5. The van der Waals surface area contributed by atoms with E-state index in [1.807, 2.05) is 0 Å². The number of methoxy groups -OCH3 is 1. The first-order chi connectivity index (χ1) is 12.4. The molecular weight excluding hydrogens is 356 g/mol. The Bertz CT molecular complexity index is 805. The maximum absolute atomic E-state index is 12.7. The van der Waals surface area contributed by atoms with Gasteiger partial charge in [-0.15, -0.1) is 0 Å². The zero-order chi connectivity index (χ0) is 19.1. The van der Waals surface area contributed by atoms with Crippen molar-refractivity contribution in [2.24, 2.45) is 0 Å². The second kappa shape index (κ2) is 9.01. The predicted octanol–water partition coefficient (Wildman–Crippen LogP) is 3.16. The highest BCUT2D eigenvalue weighted by molar-refractivity contribution is 6.30. The van der Waals surface area contributed by atoms with Crippen LogP contribution in [0.4, 0.5) is 11.4 Å². The molecule has 7 heteroatoms. The number of amides is 1. The summed E-state index contributed by atoms with van der Waals surface area (Å²) in [7, 11) is 1.26. The van der Waals surface area contributed by atoms with E-state index in [-0.39, 0.29) is 24.8 Å². The zero-order valence-corrected chi connectivity index (χ0v) is 15.2. The van der Waals surface area contributed by atoms with Gasteiger partial charge in [0.05, 0.1) is 13.7 Å². The highest BCUT2D eigenvalue weighted by Gasteiger charge is 2.20. The molecule has 0 aliphatic heterocycles. The lowest BCUT2D eigenvalue weighted by molar-refractivity contribution is -0.139. The lowest BCUT2D eigenvalue weighted by atomic mass is 10.1. The molecule has 0 unspecified atom stereocenters. The van der Waals surface area contributed by atoms with Crippen LogP contribution >= 0.6 is 11.6 Å². The van der Waals surface area contributed by atoms with Crippen LogP contribution in [0.25, 0.3) is 0 Å². The minimum atomic E-state index is -0.544. The van der Waals surface area contributed by atoms with Crippen molar-refractivity contribution in [3.05, 3.63) is 59.1 Å². The number of nitrogens with zero attached hydrogens (tertiary/aromatic N) is 1. The van der Waals surface area contributed by atoms with Gasteiger partial charge in [0.15, 0.2) is 5.78 Å². The molecule has 0 aliphatic rings. The Balaban J connectivity index is 2.17. The minimum Gasteiger partial charge on any atom is -0.468 e. The van der Waals surface area contributed by atoms with Crippen LogP contribution in [0.15, 0.2) is 48.5 Å². The second-order valence-corrected chi connectivity index (χ2v) is 5.92. The molecule has 26 heavy (non-hydrogen) atoms. The van der Waals surface area contributed by atoms with Crippen LogP contribution in [0.2, 0.25) is 5.02 Å². The fourth-order valence-electron chi connectivity index (χ4n) is 2.35. The molecule has 1 amide bonds. The number of Topliss-reactive ketones (excluding diaryl/α,β-unsaturated/α-hetero) is 1. The monoisotopic (exact) mass is 374 g/mol. The van der Waals surface area contributed by atoms with Crippen molar-refractivity contribution in [1.29, 1.82) is 0 Å². The van der Waals surface area contributed by atoms with Gasteiger partial charge in [-0.25, -0.2) is 0 Å². The molecule has 0 saturated carbocycles. The molecule has 2 aromatic carbocycles. The molecule has 0 saturated heterocycles. The van der Waals surface area contributed by atoms with Crippen molar-refractivity contribution in [2.45, 2.75) is 6.92 Å². The summed E-state index contributed by atoms with van der Waals surface area (Å²) >= 11 is 5.88. The summed E-state index contributed by atoms with van der Waals surface area (Å²) in [6, 6.07) is 13.5. The highest BCUT2D eigenvalue weighted by Crippen LogP contribution is 2.19. The van der Waals surface area contributed by atoms with Gasteiger partial charge in [0.1, 0.15) is 6.54 Å². The molecule has 1 N–H and O–H groups in total. The molecule has 0 fully saturated rings. The average molecular weight is 375 g/mol. The van der Waals surface area contributed by atoms with Crippen LogP contribution in [0.5, 0.6) is 0 Å². The summed E-state index contributed by atoms with van der Waals surface area (Å²) in [6.45, 7) is 1.14. The van der Waals surface area contributed by atoms with Crippen molar-refractivity contribution in [2.75, 3.05) is 30.4 Å². The summed E-state index contributed by atoms with van der Waals surface area (Å²) in [6.07, 6.45) is 0. The number of halogens is 1. The third kappa shape index (κ3) is 5.07. The number of hydrogen-bond donors (Lipinski definition) is 1. The molecule has 0 aliphatic carbocycles. The van der Waals surface area contributed by atoms with E-state index in [1.165, 1.54) is 18.9 Å². The topological polar surface area (TPSA) is 75.7 Å². The smallest absolute Gasteiger partial charge is 0.325 e. The van der Waals surface area contributed by atoms with Gasteiger partial charge in [-0.2, -0.15) is 0 Å². The van der Waals surface area contributed by atoms with E-state index in [4.69, 9.17) is 11.6 Å². The molecule has 0 heterocycles. The first-order valence-electron chi connectivity index (χ1n) is 7.89. The van der Waals surface area contributed by atoms with E-state index in [1.54, 1.807) is 48.5 Å². The molecule has 0 atom stereocenters. The number of ether oxygens (including phenoxy) is 1. The third-order valence-corrected chi connectivity index (χ3v) is 3.94. The van der Waals surface area contributed by atoms with E-state index in [0.29, 0.717) is 22.0 Å². The normalized spacial score (nSPS) is 10.1. The van der Waals surface area contributed by atoms with Gasteiger partial charge in [0.2, 0.25) is 5.91 Å². The van der Waals surface area contributed by atoms with E-state index < -0.39 is 5.97 Å². The number of ketones is 1. The fourth-order valence-corrected chi connectivity index (χ4v) is 2.47. The second-order valence-electron chi connectivity index (χ2n) is 5.49. The number of benzene rings is 2. The molecule has 0 spiro atoms. The summed E-state index contributed by atoms with van der Waals surface area (Å²) in [5, 5.41) is 3.48. The lowest BCUT2D eigenvalue weighted by Crippen LogP contribution is -2.39. The summed E-state index contributed by atoms with van der Waals surface area (Å²) in [5.74, 6) is -1.00. The van der Waals surface area contributed by atoms with Crippen LogP contribution in [0.3, 0.4) is 0 Å². The fraction of sp³-hybridized carbons (Fsp3) is 0.211. The molecule has 2 rings (SSSR count). The van der Waals surface area contributed by atoms with E-state index in [2.05, 4.69) is 10.1 Å². The van der Waals surface area contributed by atoms with Crippen molar-refractivity contribution < 1.29 is 19.1 Å². The Morgan fingerprint density at radius 1 is 1.08 bits per heavy atom. The van der Waals surface area contributed by atoms with Gasteiger partial charge < -0.3 is 10.1 Å². The molecule has 136 valence electrons. The third-order valence-electron chi connectivity index (χ3n) is 3.69. The summed E-state index contributed by atoms with van der Waals surface area (Å²) in [4.78, 5) is 37.3. The number of para-hydroxylation sites is 1. The minimum absolute atomic E-state index is 0.0933. The summed E-state index contributed by atoms with van der Waals surface area (Å²) in [5.41, 5.74) is 1.57. The van der Waals surface area contributed by atoms with Crippen molar-refractivity contribution in [1.82, 2.24) is 0 Å². The van der Waals surface area contributed by atoms with Gasteiger partial charge in [0.25, 0.3) is 0 Å². The van der Waals surface area contributed by atoms with Crippen LogP contribution in [0, 0.1) is 0 Å². The lowest BCUT2D eigenvalue weighted by Gasteiger charge is -2.22. The molecule has 6 nitrogen and oxygen atoms in total. The summed E-state index contributed by atoms with van der Waals surface area (Å²) < 4.78 is 4.67. The van der Waals surface area contributed by atoms with Crippen LogP contribution in [-0.2, 0) is 14.3 Å². The van der Waals surface area contributed by atoms with Gasteiger partial charge in [-0.3, -0.25) is 19.3 Å². The van der Waals surface area contributed by atoms with Gasteiger partial charge >= 0.3 is 5.97 Å². The zero-order valence-electron chi connectivity index (χ0n) is 14.5. The quantitative estimate of drug-likeness (QED) is 0.595. The van der Waals surface area contributed by atoms with Crippen molar-refractivity contribution in [3.8, 4) is 0 Å². The predicted molar refractivity (Wildman–Crippen MR) is 101 cm³/mol. The van der Waals surface area contributed by atoms with E-state index in [0.717, 1.165) is 0 Å². The largest absolute Gasteiger partial charge is 0.468 e. The van der Waals surface area contributed by atoms with Crippen molar-refractivity contribution in [3.63, 3.8) is 0 Å². The van der Waals surface area contributed by atoms with E-state index >= 15 is 0 Å². The number of esters is 1. The van der Waals surface area contributed by atoms with Crippen molar-refractivity contribution >= 4 is 40.6 Å². The molecule has 2 aromatic rings. The molecular formula is C19H19ClN2O4. The Labute approximate surface area is 156 Å². The number of carbonyl (C=O) groups excluding carboxylic acids is 3. The van der Waals surface area contributed by atoms with Crippen LogP contribution in [-0.4, -0.2) is 37.9 Å². The Morgan fingerprint density at radius 3 is 2.35 bits per heavy atom. The highest BCUT2D eigenvalue weighted by atomic mass is 35.5. The average Bonchev–Trinajstić information content (AvgIpc) is 2.65. The number of rotatable bonds is 7.